The van der Waals surface area contributed by atoms with Crippen molar-refractivity contribution in [2.75, 3.05) is 0 Å². The van der Waals surface area contributed by atoms with E-state index in [2.05, 4.69) is 22.8 Å². The number of aromatic nitrogens is 2. The van der Waals surface area contributed by atoms with Crippen LogP contribution < -0.4 is 10.6 Å². The van der Waals surface area contributed by atoms with Gasteiger partial charge < -0.3 is 10.6 Å². The van der Waals surface area contributed by atoms with E-state index in [0.717, 1.165) is 22.4 Å². The SMILES string of the molecule is C[C@@H](CC(=O)NCc1cn(Cc2ccccc2)nc1-c1ccccc1)NC(=O)c1ccccc1. The third kappa shape index (κ3) is 6.19. The molecule has 0 aliphatic heterocycles. The fraction of sp³-hybridized carbons (Fsp3) is 0.179. The third-order valence-electron chi connectivity index (χ3n) is 5.45. The van der Waals surface area contributed by atoms with E-state index in [0.29, 0.717) is 18.7 Å². The van der Waals surface area contributed by atoms with Gasteiger partial charge >= 0.3 is 0 Å². The summed E-state index contributed by atoms with van der Waals surface area (Å²) >= 11 is 0. The number of nitrogens with one attached hydrogen (secondary N) is 2. The zero-order chi connectivity index (χ0) is 23.8. The Balaban J connectivity index is 1.40. The minimum atomic E-state index is -0.290. The van der Waals surface area contributed by atoms with E-state index in [-0.39, 0.29) is 24.3 Å². The zero-order valence-corrected chi connectivity index (χ0v) is 19.1. The van der Waals surface area contributed by atoms with Crippen molar-refractivity contribution in [1.29, 1.82) is 0 Å². The van der Waals surface area contributed by atoms with Gasteiger partial charge in [0.1, 0.15) is 0 Å². The Morgan fingerprint density at radius 3 is 2.18 bits per heavy atom. The van der Waals surface area contributed by atoms with Crippen molar-refractivity contribution in [3.8, 4) is 11.3 Å². The summed E-state index contributed by atoms with van der Waals surface area (Å²) in [7, 11) is 0. The number of rotatable bonds is 9. The molecule has 4 rings (SSSR count). The third-order valence-corrected chi connectivity index (χ3v) is 5.45. The molecule has 0 saturated carbocycles. The summed E-state index contributed by atoms with van der Waals surface area (Å²) in [6.45, 7) is 2.84. The fourth-order valence-electron chi connectivity index (χ4n) is 3.77. The van der Waals surface area contributed by atoms with Crippen LogP contribution in [-0.2, 0) is 17.9 Å². The molecule has 0 fully saturated rings. The van der Waals surface area contributed by atoms with Crippen molar-refractivity contribution in [3.05, 3.63) is 114 Å². The van der Waals surface area contributed by atoms with Gasteiger partial charge in [-0.1, -0.05) is 78.9 Å². The van der Waals surface area contributed by atoms with Gasteiger partial charge in [0.05, 0.1) is 12.2 Å². The molecule has 4 aromatic rings. The van der Waals surface area contributed by atoms with E-state index in [1.807, 2.05) is 84.5 Å². The van der Waals surface area contributed by atoms with Gasteiger partial charge in [-0.2, -0.15) is 5.10 Å². The van der Waals surface area contributed by atoms with Crippen LogP contribution >= 0.6 is 0 Å². The van der Waals surface area contributed by atoms with E-state index >= 15 is 0 Å². The first-order chi connectivity index (χ1) is 16.6. The van der Waals surface area contributed by atoms with Crippen molar-refractivity contribution in [1.82, 2.24) is 20.4 Å². The summed E-state index contributed by atoms with van der Waals surface area (Å²) in [6.07, 6.45) is 2.17. The molecule has 6 nitrogen and oxygen atoms in total. The van der Waals surface area contributed by atoms with Crippen LogP contribution in [0.1, 0.15) is 34.8 Å². The predicted octanol–water partition coefficient (Wildman–Crippen LogP) is 4.42. The maximum absolute atomic E-state index is 12.6. The topological polar surface area (TPSA) is 76.0 Å². The monoisotopic (exact) mass is 452 g/mol. The summed E-state index contributed by atoms with van der Waals surface area (Å²) in [4.78, 5) is 24.9. The van der Waals surface area contributed by atoms with Crippen molar-refractivity contribution in [2.45, 2.75) is 32.5 Å². The molecule has 1 aromatic heterocycles. The lowest BCUT2D eigenvalue weighted by molar-refractivity contribution is -0.121. The summed E-state index contributed by atoms with van der Waals surface area (Å²) in [5.41, 5.74) is 4.53. The van der Waals surface area contributed by atoms with E-state index in [9.17, 15) is 9.59 Å². The molecular weight excluding hydrogens is 424 g/mol. The van der Waals surface area contributed by atoms with Gasteiger partial charge in [0.15, 0.2) is 0 Å². The molecule has 0 aliphatic rings. The largest absolute Gasteiger partial charge is 0.352 e. The van der Waals surface area contributed by atoms with Crippen LogP contribution in [0.15, 0.2) is 97.2 Å². The molecule has 3 aromatic carbocycles. The molecule has 0 saturated heterocycles. The van der Waals surface area contributed by atoms with Crippen LogP contribution in [0, 0.1) is 0 Å². The molecule has 6 heteroatoms. The number of benzene rings is 3. The average Bonchev–Trinajstić information content (AvgIpc) is 3.27. The lowest BCUT2D eigenvalue weighted by Gasteiger charge is -2.14. The quantitative estimate of drug-likeness (QED) is 0.395. The van der Waals surface area contributed by atoms with E-state index < -0.39 is 0 Å². The molecule has 172 valence electrons. The molecule has 0 spiro atoms. The Morgan fingerprint density at radius 1 is 0.882 bits per heavy atom. The second-order valence-corrected chi connectivity index (χ2v) is 8.27. The number of hydrogen-bond acceptors (Lipinski definition) is 3. The highest BCUT2D eigenvalue weighted by molar-refractivity contribution is 5.94. The van der Waals surface area contributed by atoms with Gasteiger partial charge in [-0.05, 0) is 24.6 Å². The van der Waals surface area contributed by atoms with Crippen molar-refractivity contribution in [2.24, 2.45) is 0 Å². The standard InChI is InChI=1S/C28H28N4O2/c1-21(30-28(34)24-15-9-4-10-16-24)17-26(33)29-18-25-20-32(19-22-11-5-2-6-12-22)31-27(25)23-13-7-3-8-14-23/h2-16,20-21H,17-19H2,1H3,(H,29,33)(H,30,34)/t21-/m0/s1. The molecule has 1 heterocycles. The molecule has 0 unspecified atom stereocenters. The van der Waals surface area contributed by atoms with Gasteiger partial charge in [0.25, 0.3) is 5.91 Å². The highest BCUT2D eigenvalue weighted by Gasteiger charge is 2.16. The molecule has 2 N–H and O–H groups in total. The Kier molecular flexibility index (Phi) is 7.50. The fourth-order valence-corrected chi connectivity index (χ4v) is 3.77. The maximum Gasteiger partial charge on any atom is 0.251 e. The van der Waals surface area contributed by atoms with Gasteiger partial charge in [-0.15, -0.1) is 0 Å². The minimum Gasteiger partial charge on any atom is -0.352 e. The second kappa shape index (κ2) is 11.1. The van der Waals surface area contributed by atoms with Gasteiger partial charge in [-0.25, -0.2) is 0 Å². The number of hydrogen-bond donors (Lipinski definition) is 2. The summed E-state index contributed by atoms with van der Waals surface area (Å²) in [5.74, 6) is -0.315. The molecule has 0 aliphatic carbocycles. The molecule has 0 bridgehead atoms. The lowest BCUT2D eigenvalue weighted by atomic mass is 10.1. The first kappa shape index (κ1) is 23.0. The van der Waals surface area contributed by atoms with E-state index in [1.54, 1.807) is 12.1 Å². The molecule has 2 amide bonds. The van der Waals surface area contributed by atoms with Gasteiger partial charge in [0, 0.05) is 41.9 Å². The Morgan fingerprint density at radius 2 is 1.50 bits per heavy atom. The van der Waals surface area contributed by atoms with E-state index in [4.69, 9.17) is 5.10 Å². The normalized spacial score (nSPS) is 11.6. The van der Waals surface area contributed by atoms with Crippen LogP contribution in [-0.4, -0.2) is 27.6 Å². The van der Waals surface area contributed by atoms with Gasteiger partial charge in [0.2, 0.25) is 5.91 Å². The highest BCUT2D eigenvalue weighted by Crippen LogP contribution is 2.22. The Hall–Kier alpha value is -4.19. The molecule has 34 heavy (non-hydrogen) atoms. The number of carbonyl (C=O) groups is 2. The molecule has 0 radical (unpaired) electrons. The van der Waals surface area contributed by atoms with Crippen LogP contribution in [0.5, 0.6) is 0 Å². The second-order valence-electron chi connectivity index (χ2n) is 8.27. The average molecular weight is 453 g/mol. The Labute approximate surface area is 199 Å². The summed E-state index contributed by atoms with van der Waals surface area (Å²) in [5, 5.41) is 10.7. The number of carbonyl (C=O) groups excluding carboxylic acids is 2. The van der Waals surface area contributed by atoms with Crippen molar-refractivity contribution in [3.63, 3.8) is 0 Å². The number of amides is 2. The minimum absolute atomic E-state index is 0.129. The van der Waals surface area contributed by atoms with Crippen LogP contribution in [0.2, 0.25) is 0 Å². The van der Waals surface area contributed by atoms with Crippen LogP contribution in [0.25, 0.3) is 11.3 Å². The highest BCUT2D eigenvalue weighted by atomic mass is 16.2. The zero-order valence-electron chi connectivity index (χ0n) is 19.1. The molecule has 1 atom stereocenters. The summed E-state index contributed by atoms with van der Waals surface area (Å²) in [6, 6.07) is 28.8. The smallest absolute Gasteiger partial charge is 0.251 e. The van der Waals surface area contributed by atoms with E-state index in [1.165, 1.54) is 0 Å². The Bertz CT molecular complexity index is 1220. The maximum atomic E-state index is 12.6. The lowest BCUT2D eigenvalue weighted by Crippen LogP contribution is -2.37. The van der Waals surface area contributed by atoms with Gasteiger partial charge in [-0.3, -0.25) is 14.3 Å². The van der Waals surface area contributed by atoms with Crippen molar-refractivity contribution < 1.29 is 9.59 Å². The van der Waals surface area contributed by atoms with Crippen LogP contribution in [0.3, 0.4) is 0 Å². The number of nitrogens with zero attached hydrogens (tertiary/aromatic N) is 2. The summed E-state index contributed by atoms with van der Waals surface area (Å²) < 4.78 is 1.90. The molecular formula is C28H28N4O2. The first-order valence-electron chi connectivity index (χ1n) is 11.4. The van der Waals surface area contributed by atoms with Crippen molar-refractivity contribution >= 4 is 11.8 Å². The first-order valence-corrected chi connectivity index (χ1v) is 11.4. The van der Waals surface area contributed by atoms with Crippen LogP contribution in [0.4, 0.5) is 0 Å². The predicted molar refractivity (Wildman–Crippen MR) is 133 cm³/mol.